The highest BCUT2D eigenvalue weighted by atomic mass is 16.2. The van der Waals surface area contributed by atoms with Gasteiger partial charge in [0.05, 0.1) is 0 Å². The summed E-state index contributed by atoms with van der Waals surface area (Å²) in [5.41, 5.74) is 10.1. The smallest absolute Gasteiger partial charge is 0.319 e. The van der Waals surface area contributed by atoms with E-state index < -0.39 is 11.9 Å². The minimum atomic E-state index is -0.646. The molecule has 1 atom stereocenters. The van der Waals surface area contributed by atoms with Gasteiger partial charge in [-0.3, -0.25) is 19.7 Å². The number of nitrogen functional groups attached to an aromatic ring is 1. The van der Waals surface area contributed by atoms with Gasteiger partial charge in [-0.15, -0.1) is 0 Å². The van der Waals surface area contributed by atoms with Gasteiger partial charge in [0.1, 0.15) is 6.04 Å². The number of carbonyl (C=O) groups excluding carboxylic acids is 4. The number of hydrogen-bond acceptors (Lipinski definition) is 5. The average Bonchev–Trinajstić information content (AvgIpc) is 3.05. The maximum atomic E-state index is 12.7. The Kier molecular flexibility index (Phi) is 5.33. The molecule has 1 fully saturated rings. The van der Waals surface area contributed by atoms with Gasteiger partial charge in [-0.2, -0.15) is 0 Å². The van der Waals surface area contributed by atoms with Crippen LogP contribution in [-0.2, 0) is 22.7 Å². The lowest BCUT2D eigenvalue weighted by molar-refractivity contribution is -0.136. The molecule has 2 aromatic carbocycles. The average molecular weight is 421 g/mol. The Bertz CT molecular complexity index is 1100. The van der Waals surface area contributed by atoms with Crippen molar-refractivity contribution in [1.29, 1.82) is 0 Å². The quantitative estimate of drug-likeness (QED) is 0.440. The molecule has 9 nitrogen and oxygen atoms in total. The minimum absolute atomic E-state index is 0.216. The van der Waals surface area contributed by atoms with Crippen LogP contribution in [0.15, 0.2) is 36.4 Å². The van der Waals surface area contributed by atoms with E-state index in [0.717, 1.165) is 16.7 Å². The van der Waals surface area contributed by atoms with Gasteiger partial charge in [0, 0.05) is 36.4 Å². The maximum Gasteiger partial charge on any atom is 0.319 e. The number of rotatable bonds is 4. The molecule has 160 valence electrons. The molecular weight excluding hydrogens is 398 g/mol. The lowest BCUT2D eigenvalue weighted by Gasteiger charge is -2.29. The van der Waals surface area contributed by atoms with Crippen molar-refractivity contribution < 1.29 is 19.2 Å². The molecule has 0 bridgehead atoms. The summed E-state index contributed by atoms with van der Waals surface area (Å²) in [6, 6.07) is 9.61. The summed E-state index contributed by atoms with van der Waals surface area (Å²) in [6.45, 7) is 2.45. The molecule has 2 aliphatic heterocycles. The molecule has 0 spiro atoms. The summed E-state index contributed by atoms with van der Waals surface area (Å²) >= 11 is 0. The molecule has 0 radical (unpaired) electrons. The Morgan fingerprint density at radius 1 is 1.19 bits per heavy atom. The lowest BCUT2D eigenvalue weighted by atomic mass is 10.0. The zero-order chi connectivity index (χ0) is 22.1. The molecule has 5 amide bonds. The predicted molar refractivity (Wildman–Crippen MR) is 114 cm³/mol. The first-order valence-electron chi connectivity index (χ1n) is 9.99. The fourth-order valence-corrected chi connectivity index (χ4v) is 3.81. The van der Waals surface area contributed by atoms with Gasteiger partial charge < -0.3 is 21.3 Å². The summed E-state index contributed by atoms with van der Waals surface area (Å²) in [6.07, 6.45) is 0.538. The molecule has 9 heteroatoms. The van der Waals surface area contributed by atoms with Crippen LogP contribution in [0.1, 0.15) is 39.9 Å². The van der Waals surface area contributed by atoms with E-state index in [1.54, 1.807) is 24.3 Å². The van der Waals surface area contributed by atoms with E-state index in [2.05, 4.69) is 16.0 Å². The number of amides is 5. The van der Waals surface area contributed by atoms with E-state index in [4.69, 9.17) is 5.73 Å². The fourth-order valence-electron chi connectivity index (χ4n) is 3.81. The molecular formula is C22H23N5O4. The largest absolute Gasteiger partial charge is 0.398 e. The standard InChI is InChI=1S/C22H23N5O4/c1-12-2-4-15(9-17(12)23)25-22(31)24-10-13-3-5-16-14(8-13)11-27(21(16)30)18-6-7-19(28)26-20(18)29/h2-5,8-9,18H,6-7,10-11,23H2,1H3,(H2,24,25,31)(H,26,28,29). The molecule has 0 saturated carbocycles. The molecule has 4 rings (SSSR count). The molecule has 5 N–H and O–H groups in total. The number of imide groups is 1. The SMILES string of the molecule is Cc1ccc(NC(=O)NCc2ccc3c(c2)CN(C2CCC(=O)NC2=O)C3=O)cc1N. The summed E-state index contributed by atoms with van der Waals surface area (Å²) < 4.78 is 0. The van der Waals surface area contributed by atoms with E-state index in [1.807, 2.05) is 19.1 Å². The van der Waals surface area contributed by atoms with Crippen LogP contribution in [0, 0.1) is 6.92 Å². The van der Waals surface area contributed by atoms with E-state index in [1.165, 1.54) is 4.90 Å². The highest BCUT2D eigenvalue weighted by Crippen LogP contribution is 2.28. The second-order valence-corrected chi connectivity index (χ2v) is 7.77. The number of urea groups is 1. The molecule has 2 aliphatic rings. The molecule has 1 unspecified atom stereocenters. The van der Waals surface area contributed by atoms with Gasteiger partial charge in [-0.25, -0.2) is 4.79 Å². The Hall–Kier alpha value is -3.88. The Morgan fingerprint density at radius 3 is 2.74 bits per heavy atom. The maximum absolute atomic E-state index is 12.7. The first-order valence-corrected chi connectivity index (χ1v) is 9.99. The van der Waals surface area contributed by atoms with Crippen LogP contribution in [-0.4, -0.2) is 34.7 Å². The summed E-state index contributed by atoms with van der Waals surface area (Å²) in [5.74, 6) is -0.975. The summed E-state index contributed by atoms with van der Waals surface area (Å²) in [5, 5.41) is 7.80. The molecule has 2 aromatic rings. The number of nitrogens with two attached hydrogens (primary N) is 1. The third kappa shape index (κ3) is 4.20. The number of fused-ring (bicyclic) bond motifs is 1. The topological polar surface area (TPSA) is 134 Å². The van der Waals surface area contributed by atoms with Crippen LogP contribution >= 0.6 is 0 Å². The van der Waals surface area contributed by atoms with Crippen molar-refractivity contribution in [3.05, 3.63) is 58.7 Å². The third-order valence-corrected chi connectivity index (χ3v) is 5.58. The number of benzene rings is 2. The van der Waals surface area contributed by atoms with Crippen molar-refractivity contribution in [2.45, 2.75) is 38.9 Å². The number of nitrogens with zero attached hydrogens (tertiary/aromatic N) is 1. The normalized spacial score (nSPS) is 17.9. The zero-order valence-corrected chi connectivity index (χ0v) is 17.0. The van der Waals surface area contributed by atoms with E-state index in [9.17, 15) is 19.2 Å². The molecule has 31 heavy (non-hydrogen) atoms. The van der Waals surface area contributed by atoms with E-state index >= 15 is 0 Å². The first-order chi connectivity index (χ1) is 14.8. The Labute approximate surface area is 179 Å². The van der Waals surface area contributed by atoms with Crippen molar-refractivity contribution in [1.82, 2.24) is 15.5 Å². The minimum Gasteiger partial charge on any atom is -0.398 e. The number of hydrogen-bond donors (Lipinski definition) is 4. The highest BCUT2D eigenvalue weighted by molar-refractivity contribution is 6.05. The number of carbonyl (C=O) groups is 4. The first kappa shape index (κ1) is 20.4. The van der Waals surface area contributed by atoms with Crippen molar-refractivity contribution in [2.24, 2.45) is 0 Å². The fraction of sp³-hybridized carbons (Fsp3) is 0.273. The van der Waals surface area contributed by atoms with Crippen molar-refractivity contribution in [3.8, 4) is 0 Å². The Morgan fingerprint density at radius 2 is 2.00 bits per heavy atom. The van der Waals surface area contributed by atoms with Crippen LogP contribution < -0.4 is 21.7 Å². The number of piperidine rings is 1. The van der Waals surface area contributed by atoms with Gasteiger partial charge in [-0.05, 0) is 48.2 Å². The van der Waals surface area contributed by atoms with Crippen molar-refractivity contribution >= 4 is 35.1 Å². The van der Waals surface area contributed by atoms with Gasteiger partial charge in [-0.1, -0.05) is 18.2 Å². The van der Waals surface area contributed by atoms with Crippen LogP contribution in [0.4, 0.5) is 16.2 Å². The number of aryl methyl sites for hydroxylation is 1. The van der Waals surface area contributed by atoms with Gasteiger partial charge in [0.25, 0.3) is 5.91 Å². The third-order valence-electron chi connectivity index (χ3n) is 5.58. The Balaban J connectivity index is 1.38. The second-order valence-electron chi connectivity index (χ2n) is 7.77. The highest BCUT2D eigenvalue weighted by Gasteiger charge is 2.39. The molecule has 0 aliphatic carbocycles. The summed E-state index contributed by atoms with van der Waals surface area (Å²) in [7, 11) is 0. The van der Waals surface area contributed by atoms with Crippen LogP contribution in [0.3, 0.4) is 0 Å². The lowest BCUT2D eigenvalue weighted by Crippen LogP contribution is -2.52. The molecule has 2 heterocycles. The molecule has 1 saturated heterocycles. The van der Waals surface area contributed by atoms with Crippen LogP contribution in [0.2, 0.25) is 0 Å². The summed E-state index contributed by atoms with van der Waals surface area (Å²) in [4.78, 5) is 49.9. The van der Waals surface area contributed by atoms with Gasteiger partial charge in [0.15, 0.2) is 0 Å². The number of anilines is 2. The zero-order valence-electron chi connectivity index (χ0n) is 17.0. The van der Waals surface area contributed by atoms with Gasteiger partial charge >= 0.3 is 6.03 Å². The van der Waals surface area contributed by atoms with E-state index in [-0.39, 0.29) is 30.8 Å². The van der Waals surface area contributed by atoms with Crippen molar-refractivity contribution in [3.63, 3.8) is 0 Å². The monoisotopic (exact) mass is 421 g/mol. The van der Waals surface area contributed by atoms with Crippen LogP contribution in [0.5, 0.6) is 0 Å². The molecule has 0 aromatic heterocycles. The van der Waals surface area contributed by atoms with E-state index in [0.29, 0.717) is 29.9 Å². The number of nitrogens with one attached hydrogen (secondary N) is 3. The van der Waals surface area contributed by atoms with Crippen molar-refractivity contribution in [2.75, 3.05) is 11.1 Å². The second kappa shape index (κ2) is 8.10. The van der Waals surface area contributed by atoms with Gasteiger partial charge in [0.2, 0.25) is 11.8 Å². The predicted octanol–water partition coefficient (Wildman–Crippen LogP) is 1.66. The van der Waals surface area contributed by atoms with Crippen LogP contribution in [0.25, 0.3) is 0 Å².